The smallest absolute Gasteiger partial charge is 0.311 e. The number of carbonyl (C=O) groups is 2. The van der Waals surface area contributed by atoms with Crippen LogP contribution in [0.15, 0.2) is 0 Å². The standard InChI is InChI=1S/C10H20N2O3/c1-4-10(5-2,9(14)15)6-12-8(13)7(3)11/h7H,4-6,11H2,1-3H3,(H,12,13)(H,14,15). The quantitative estimate of drug-likeness (QED) is 0.597. The summed E-state index contributed by atoms with van der Waals surface area (Å²) in [5, 5.41) is 11.7. The number of aliphatic carboxylic acids is 1. The third-order valence-electron chi connectivity index (χ3n) is 2.82. The Morgan fingerprint density at radius 2 is 1.87 bits per heavy atom. The maximum Gasteiger partial charge on any atom is 0.311 e. The monoisotopic (exact) mass is 216 g/mol. The fraction of sp³-hybridized carbons (Fsp3) is 0.800. The molecular formula is C10H20N2O3. The van der Waals surface area contributed by atoms with Crippen molar-refractivity contribution in [3.8, 4) is 0 Å². The van der Waals surface area contributed by atoms with Crippen LogP contribution in [0.25, 0.3) is 0 Å². The van der Waals surface area contributed by atoms with Crippen LogP contribution < -0.4 is 11.1 Å². The van der Waals surface area contributed by atoms with Crippen molar-refractivity contribution in [2.75, 3.05) is 6.54 Å². The number of nitrogens with one attached hydrogen (secondary N) is 1. The summed E-state index contributed by atoms with van der Waals surface area (Å²) in [4.78, 5) is 22.3. The van der Waals surface area contributed by atoms with Crippen molar-refractivity contribution in [2.45, 2.75) is 39.7 Å². The van der Waals surface area contributed by atoms with Crippen LogP contribution in [0.2, 0.25) is 0 Å². The lowest BCUT2D eigenvalue weighted by atomic mass is 9.82. The molecular weight excluding hydrogens is 196 g/mol. The third kappa shape index (κ3) is 3.51. The molecule has 0 aliphatic heterocycles. The molecule has 1 atom stereocenters. The molecule has 0 bridgehead atoms. The van der Waals surface area contributed by atoms with Gasteiger partial charge in [-0.2, -0.15) is 0 Å². The first-order valence-electron chi connectivity index (χ1n) is 5.16. The highest BCUT2D eigenvalue weighted by atomic mass is 16.4. The lowest BCUT2D eigenvalue weighted by Gasteiger charge is -2.27. The van der Waals surface area contributed by atoms with Gasteiger partial charge in [0.2, 0.25) is 5.91 Å². The topological polar surface area (TPSA) is 92.4 Å². The highest BCUT2D eigenvalue weighted by Gasteiger charge is 2.35. The van der Waals surface area contributed by atoms with Crippen LogP contribution in [0.5, 0.6) is 0 Å². The Hall–Kier alpha value is -1.10. The second-order valence-electron chi connectivity index (χ2n) is 3.80. The second-order valence-corrected chi connectivity index (χ2v) is 3.80. The Morgan fingerprint density at radius 1 is 1.40 bits per heavy atom. The molecule has 5 nitrogen and oxygen atoms in total. The van der Waals surface area contributed by atoms with Crippen molar-refractivity contribution in [3.63, 3.8) is 0 Å². The summed E-state index contributed by atoms with van der Waals surface area (Å²) in [7, 11) is 0. The zero-order valence-corrected chi connectivity index (χ0v) is 9.54. The maximum absolute atomic E-state index is 11.2. The van der Waals surface area contributed by atoms with Crippen LogP contribution in [-0.2, 0) is 9.59 Å². The minimum Gasteiger partial charge on any atom is -0.481 e. The van der Waals surface area contributed by atoms with Gasteiger partial charge in [0.25, 0.3) is 0 Å². The van der Waals surface area contributed by atoms with E-state index < -0.39 is 17.4 Å². The fourth-order valence-electron chi connectivity index (χ4n) is 1.30. The van der Waals surface area contributed by atoms with E-state index in [-0.39, 0.29) is 12.5 Å². The Kier molecular flexibility index (Phi) is 5.28. The molecule has 0 rings (SSSR count). The van der Waals surface area contributed by atoms with Crippen molar-refractivity contribution >= 4 is 11.9 Å². The molecule has 1 unspecified atom stereocenters. The van der Waals surface area contributed by atoms with Crippen molar-refractivity contribution in [1.29, 1.82) is 0 Å². The molecule has 0 aromatic rings. The van der Waals surface area contributed by atoms with Gasteiger partial charge in [-0.15, -0.1) is 0 Å². The number of hydrogen-bond acceptors (Lipinski definition) is 3. The van der Waals surface area contributed by atoms with E-state index in [0.717, 1.165) is 0 Å². The number of rotatable bonds is 6. The summed E-state index contributed by atoms with van der Waals surface area (Å²) in [6, 6.07) is -0.606. The molecule has 0 radical (unpaired) electrons. The molecule has 0 heterocycles. The molecule has 88 valence electrons. The van der Waals surface area contributed by atoms with Gasteiger partial charge in [0.15, 0.2) is 0 Å². The number of carboxylic acid groups (broad SMARTS) is 1. The zero-order chi connectivity index (χ0) is 12.1. The van der Waals surface area contributed by atoms with E-state index in [1.807, 2.05) is 0 Å². The van der Waals surface area contributed by atoms with Gasteiger partial charge in [0.05, 0.1) is 11.5 Å². The van der Waals surface area contributed by atoms with E-state index >= 15 is 0 Å². The SMILES string of the molecule is CCC(CC)(CNC(=O)C(C)N)C(=O)O. The molecule has 15 heavy (non-hydrogen) atoms. The van der Waals surface area contributed by atoms with Gasteiger partial charge in [-0.3, -0.25) is 9.59 Å². The van der Waals surface area contributed by atoms with Crippen molar-refractivity contribution < 1.29 is 14.7 Å². The van der Waals surface area contributed by atoms with Gasteiger partial charge >= 0.3 is 5.97 Å². The van der Waals surface area contributed by atoms with E-state index in [1.165, 1.54) is 0 Å². The van der Waals surface area contributed by atoms with Crippen molar-refractivity contribution in [1.82, 2.24) is 5.32 Å². The molecule has 0 saturated carbocycles. The molecule has 5 heteroatoms. The highest BCUT2D eigenvalue weighted by molar-refractivity contribution is 5.82. The van der Waals surface area contributed by atoms with E-state index in [0.29, 0.717) is 12.8 Å². The first kappa shape index (κ1) is 13.9. The Morgan fingerprint density at radius 3 is 2.13 bits per heavy atom. The molecule has 0 spiro atoms. The summed E-state index contributed by atoms with van der Waals surface area (Å²) in [6.45, 7) is 5.30. The van der Waals surface area contributed by atoms with Crippen LogP contribution in [0, 0.1) is 5.41 Å². The minimum absolute atomic E-state index is 0.135. The van der Waals surface area contributed by atoms with Crippen LogP contribution in [0.4, 0.5) is 0 Å². The molecule has 4 N–H and O–H groups in total. The Bertz CT molecular complexity index is 235. The number of nitrogens with two attached hydrogens (primary N) is 1. The molecule has 0 fully saturated rings. The highest BCUT2D eigenvalue weighted by Crippen LogP contribution is 2.25. The summed E-state index contributed by atoms with van der Waals surface area (Å²) >= 11 is 0. The van der Waals surface area contributed by atoms with Gasteiger partial charge in [-0.05, 0) is 19.8 Å². The largest absolute Gasteiger partial charge is 0.481 e. The lowest BCUT2D eigenvalue weighted by molar-refractivity contribution is -0.149. The van der Waals surface area contributed by atoms with E-state index in [1.54, 1.807) is 20.8 Å². The molecule has 0 saturated heterocycles. The Labute approximate surface area is 90.0 Å². The van der Waals surface area contributed by atoms with Gasteiger partial charge in [-0.1, -0.05) is 13.8 Å². The van der Waals surface area contributed by atoms with E-state index in [4.69, 9.17) is 10.8 Å². The summed E-state index contributed by atoms with van der Waals surface area (Å²) in [5.74, 6) is -1.19. The third-order valence-corrected chi connectivity index (χ3v) is 2.82. The molecule has 0 aromatic heterocycles. The van der Waals surface area contributed by atoms with Crippen LogP contribution in [-0.4, -0.2) is 29.6 Å². The van der Waals surface area contributed by atoms with Crippen LogP contribution >= 0.6 is 0 Å². The summed E-state index contributed by atoms with van der Waals surface area (Å²) in [6.07, 6.45) is 0.968. The van der Waals surface area contributed by atoms with Crippen LogP contribution in [0.1, 0.15) is 33.6 Å². The van der Waals surface area contributed by atoms with Crippen molar-refractivity contribution in [3.05, 3.63) is 0 Å². The number of hydrogen-bond donors (Lipinski definition) is 3. The molecule has 0 aromatic carbocycles. The Balaban J connectivity index is 4.44. The average molecular weight is 216 g/mol. The molecule has 1 amide bonds. The summed E-state index contributed by atoms with van der Waals surface area (Å²) < 4.78 is 0. The number of carbonyl (C=O) groups excluding carboxylic acids is 1. The average Bonchev–Trinajstić information content (AvgIpc) is 2.19. The van der Waals surface area contributed by atoms with E-state index in [2.05, 4.69) is 5.32 Å². The van der Waals surface area contributed by atoms with E-state index in [9.17, 15) is 9.59 Å². The number of amides is 1. The van der Waals surface area contributed by atoms with Gasteiger partial charge in [0.1, 0.15) is 0 Å². The maximum atomic E-state index is 11.2. The van der Waals surface area contributed by atoms with Crippen LogP contribution in [0.3, 0.4) is 0 Å². The van der Waals surface area contributed by atoms with Crippen molar-refractivity contribution in [2.24, 2.45) is 11.1 Å². The molecule has 0 aliphatic rings. The normalized spacial score (nSPS) is 13.3. The first-order valence-corrected chi connectivity index (χ1v) is 5.16. The predicted molar refractivity (Wildman–Crippen MR) is 57.3 cm³/mol. The summed E-state index contributed by atoms with van der Waals surface area (Å²) in [5.41, 5.74) is 4.49. The fourth-order valence-corrected chi connectivity index (χ4v) is 1.30. The second kappa shape index (κ2) is 5.70. The predicted octanol–water partition coefficient (Wildman–Crippen LogP) is 0.341. The van der Waals surface area contributed by atoms with Gasteiger partial charge in [0, 0.05) is 6.54 Å². The molecule has 0 aliphatic carbocycles. The lowest BCUT2D eigenvalue weighted by Crippen LogP contribution is -2.46. The number of carboxylic acids is 1. The zero-order valence-electron chi connectivity index (χ0n) is 9.54. The van der Waals surface area contributed by atoms with Gasteiger partial charge < -0.3 is 16.2 Å². The first-order chi connectivity index (χ1) is 6.89. The minimum atomic E-state index is -0.877. The van der Waals surface area contributed by atoms with Gasteiger partial charge in [-0.25, -0.2) is 0 Å².